The van der Waals surface area contributed by atoms with Crippen LogP contribution in [0.3, 0.4) is 0 Å². The van der Waals surface area contributed by atoms with Crippen LogP contribution in [-0.2, 0) is 4.79 Å². The summed E-state index contributed by atoms with van der Waals surface area (Å²) in [4.78, 5) is 14.9. The van der Waals surface area contributed by atoms with E-state index >= 15 is 0 Å². The molecule has 0 radical (unpaired) electrons. The molecule has 0 saturated carbocycles. The zero-order valence-corrected chi connectivity index (χ0v) is 13.1. The lowest BCUT2D eigenvalue weighted by Crippen LogP contribution is -2.45. The number of rotatable bonds is 2. The fourth-order valence-electron chi connectivity index (χ4n) is 3.53. The summed E-state index contributed by atoms with van der Waals surface area (Å²) in [6.45, 7) is 1.83. The van der Waals surface area contributed by atoms with Gasteiger partial charge >= 0.3 is 0 Å². The van der Waals surface area contributed by atoms with E-state index < -0.39 is 0 Å². The summed E-state index contributed by atoms with van der Waals surface area (Å²) >= 11 is 6.11. The number of carbonyl (C=O) groups is 1. The number of hydrogen-bond acceptors (Lipinski definition) is 2. The molecule has 21 heavy (non-hydrogen) atoms. The van der Waals surface area contributed by atoms with Crippen LogP contribution in [0.2, 0.25) is 5.02 Å². The number of halogens is 1. The molecule has 2 saturated heterocycles. The van der Waals surface area contributed by atoms with Gasteiger partial charge in [0.1, 0.15) is 0 Å². The number of nitrogens with zero attached hydrogens (tertiary/aromatic N) is 1. The molecule has 0 aliphatic carbocycles. The molecule has 3 nitrogen and oxygen atoms in total. The standard InChI is InChI=1S/C17H23ClN2O/c18-14-7-4-6-13(12-14)16-9-5-11-20(16)17(21)15-8-2-1-3-10-19-15/h4,6-7,12,15-16,19H,1-3,5,8-11H2. The van der Waals surface area contributed by atoms with Gasteiger partial charge in [0.25, 0.3) is 0 Å². The van der Waals surface area contributed by atoms with Crippen LogP contribution in [0, 0.1) is 0 Å². The molecule has 1 aromatic carbocycles. The zero-order chi connectivity index (χ0) is 14.7. The molecule has 2 fully saturated rings. The molecule has 1 N–H and O–H groups in total. The fraction of sp³-hybridized carbons (Fsp3) is 0.588. The Kier molecular flexibility index (Phi) is 4.81. The molecule has 4 heteroatoms. The second-order valence-electron chi connectivity index (χ2n) is 6.10. The maximum Gasteiger partial charge on any atom is 0.240 e. The van der Waals surface area contributed by atoms with Crippen LogP contribution in [-0.4, -0.2) is 29.9 Å². The van der Waals surface area contributed by atoms with Crippen LogP contribution in [0.15, 0.2) is 24.3 Å². The van der Waals surface area contributed by atoms with Crippen molar-refractivity contribution in [2.75, 3.05) is 13.1 Å². The third kappa shape index (κ3) is 3.41. The summed E-state index contributed by atoms with van der Waals surface area (Å²) in [5.41, 5.74) is 1.17. The molecule has 0 spiro atoms. The van der Waals surface area contributed by atoms with E-state index in [1.54, 1.807) is 0 Å². The number of benzene rings is 1. The SMILES string of the molecule is O=C(C1CCCCCN1)N1CCCC1c1cccc(Cl)c1. The quantitative estimate of drug-likeness (QED) is 0.906. The monoisotopic (exact) mass is 306 g/mol. The molecule has 1 amide bonds. The van der Waals surface area contributed by atoms with Crippen molar-refractivity contribution < 1.29 is 4.79 Å². The first-order valence-electron chi connectivity index (χ1n) is 8.05. The van der Waals surface area contributed by atoms with Gasteiger partial charge in [-0.05, 0) is 49.9 Å². The summed E-state index contributed by atoms with van der Waals surface area (Å²) < 4.78 is 0. The third-order valence-corrected chi connectivity index (χ3v) is 4.86. The average molecular weight is 307 g/mol. The van der Waals surface area contributed by atoms with Crippen LogP contribution >= 0.6 is 11.6 Å². The van der Waals surface area contributed by atoms with E-state index in [0.717, 1.165) is 43.8 Å². The van der Waals surface area contributed by atoms with Gasteiger partial charge in [-0.2, -0.15) is 0 Å². The zero-order valence-electron chi connectivity index (χ0n) is 12.4. The molecule has 2 unspecified atom stereocenters. The Morgan fingerprint density at radius 2 is 2.10 bits per heavy atom. The third-order valence-electron chi connectivity index (χ3n) is 4.63. The highest BCUT2D eigenvalue weighted by Gasteiger charge is 2.33. The first-order chi connectivity index (χ1) is 10.3. The Balaban J connectivity index is 1.75. The summed E-state index contributed by atoms with van der Waals surface area (Å²) in [6.07, 6.45) is 6.65. The molecule has 2 aliphatic heterocycles. The van der Waals surface area contributed by atoms with Crippen molar-refractivity contribution in [1.82, 2.24) is 10.2 Å². The Morgan fingerprint density at radius 3 is 2.95 bits per heavy atom. The highest BCUT2D eigenvalue weighted by molar-refractivity contribution is 6.30. The van der Waals surface area contributed by atoms with Gasteiger partial charge in [0.2, 0.25) is 5.91 Å². The van der Waals surface area contributed by atoms with Crippen LogP contribution < -0.4 is 5.32 Å². The first-order valence-corrected chi connectivity index (χ1v) is 8.43. The van der Waals surface area contributed by atoms with E-state index in [2.05, 4.69) is 16.3 Å². The number of carbonyl (C=O) groups excluding carboxylic acids is 1. The molecule has 1 aromatic rings. The van der Waals surface area contributed by atoms with Crippen LogP contribution in [0.1, 0.15) is 50.1 Å². The molecular formula is C17H23ClN2O. The second-order valence-corrected chi connectivity index (χ2v) is 6.54. The Labute approximate surface area is 131 Å². The van der Waals surface area contributed by atoms with Crippen molar-refractivity contribution in [2.24, 2.45) is 0 Å². The molecule has 2 heterocycles. The van der Waals surface area contributed by atoms with Gasteiger partial charge in [-0.3, -0.25) is 4.79 Å². The average Bonchev–Trinajstić information content (AvgIpc) is 2.82. The van der Waals surface area contributed by atoms with Gasteiger partial charge in [-0.1, -0.05) is 36.6 Å². The minimum Gasteiger partial charge on any atom is -0.334 e. The van der Waals surface area contributed by atoms with Gasteiger partial charge in [0, 0.05) is 11.6 Å². The van der Waals surface area contributed by atoms with E-state index in [9.17, 15) is 4.79 Å². The first kappa shape index (κ1) is 14.9. The highest BCUT2D eigenvalue weighted by Crippen LogP contribution is 2.33. The lowest BCUT2D eigenvalue weighted by atomic mass is 10.0. The van der Waals surface area contributed by atoms with Crippen molar-refractivity contribution in [3.63, 3.8) is 0 Å². The molecule has 2 aliphatic rings. The van der Waals surface area contributed by atoms with Gasteiger partial charge < -0.3 is 10.2 Å². The Hall–Kier alpha value is -1.06. The number of hydrogen-bond donors (Lipinski definition) is 1. The largest absolute Gasteiger partial charge is 0.334 e. The Morgan fingerprint density at radius 1 is 1.19 bits per heavy atom. The predicted octanol–water partition coefficient (Wildman–Crippen LogP) is 3.54. The molecular weight excluding hydrogens is 284 g/mol. The summed E-state index contributed by atoms with van der Waals surface area (Å²) in [5, 5.41) is 4.17. The summed E-state index contributed by atoms with van der Waals surface area (Å²) in [6, 6.07) is 8.15. The topological polar surface area (TPSA) is 32.3 Å². The van der Waals surface area contributed by atoms with Crippen molar-refractivity contribution in [2.45, 2.75) is 50.6 Å². The molecule has 3 rings (SSSR count). The van der Waals surface area contributed by atoms with E-state index in [0.29, 0.717) is 0 Å². The normalized spacial score (nSPS) is 26.6. The fourth-order valence-corrected chi connectivity index (χ4v) is 3.73. The lowest BCUT2D eigenvalue weighted by molar-refractivity contribution is -0.134. The van der Waals surface area contributed by atoms with E-state index in [1.807, 2.05) is 18.2 Å². The van der Waals surface area contributed by atoms with Crippen molar-refractivity contribution >= 4 is 17.5 Å². The number of likely N-dealkylation sites (tertiary alicyclic amines) is 1. The minimum absolute atomic E-state index is 0.00674. The van der Waals surface area contributed by atoms with E-state index in [1.165, 1.54) is 18.4 Å². The minimum atomic E-state index is 0.00674. The highest BCUT2D eigenvalue weighted by atomic mass is 35.5. The van der Waals surface area contributed by atoms with E-state index in [-0.39, 0.29) is 18.0 Å². The summed E-state index contributed by atoms with van der Waals surface area (Å²) in [5.74, 6) is 0.277. The van der Waals surface area contributed by atoms with Crippen molar-refractivity contribution in [3.05, 3.63) is 34.9 Å². The molecule has 0 bridgehead atoms. The lowest BCUT2D eigenvalue weighted by Gasteiger charge is -2.29. The van der Waals surface area contributed by atoms with Gasteiger partial charge in [0.05, 0.1) is 12.1 Å². The predicted molar refractivity (Wildman–Crippen MR) is 85.4 cm³/mol. The maximum atomic E-state index is 12.9. The molecule has 0 aromatic heterocycles. The maximum absolute atomic E-state index is 12.9. The number of nitrogens with one attached hydrogen (secondary N) is 1. The van der Waals surface area contributed by atoms with Crippen molar-refractivity contribution in [3.8, 4) is 0 Å². The van der Waals surface area contributed by atoms with Gasteiger partial charge in [-0.15, -0.1) is 0 Å². The molecule has 114 valence electrons. The van der Waals surface area contributed by atoms with Crippen molar-refractivity contribution in [1.29, 1.82) is 0 Å². The summed E-state index contributed by atoms with van der Waals surface area (Å²) in [7, 11) is 0. The molecule has 2 atom stereocenters. The smallest absolute Gasteiger partial charge is 0.240 e. The van der Waals surface area contributed by atoms with Crippen LogP contribution in [0.5, 0.6) is 0 Å². The number of amides is 1. The second kappa shape index (κ2) is 6.80. The van der Waals surface area contributed by atoms with Gasteiger partial charge in [-0.25, -0.2) is 0 Å². The van der Waals surface area contributed by atoms with E-state index in [4.69, 9.17) is 11.6 Å². The van der Waals surface area contributed by atoms with Crippen LogP contribution in [0.25, 0.3) is 0 Å². The Bertz CT molecular complexity index is 497. The van der Waals surface area contributed by atoms with Crippen LogP contribution in [0.4, 0.5) is 0 Å². The van der Waals surface area contributed by atoms with Gasteiger partial charge in [0.15, 0.2) is 0 Å².